The van der Waals surface area contributed by atoms with Crippen molar-refractivity contribution in [2.45, 2.75) is 36.8 Å². The van der Waals surface area contributed by atoms with Crippen LogP contribution in [-0.2, 0) is 9.84 Å². The highest BCUT2D eigenvalue weighted by molar-refractivity contribution is 9.10. The van der Waals surface area contributed by atoms with Crippen LogP contribution in [0.1, 0.15) is 24.0 Å². The molecule has 0 spiro atoms. The quantitative estimate of drug-likeness (QED) is 0.435. The number of sulfone groups is 1. The molecule has 1 aliphatic heterocycles. The molecule has 0 N–H and O–H groups in total. The van der Waals surface area contributed by atoms with E-state index in [0.29, 0.717) is 31.7 Å². The predicted molar refractivity (Wildman–Crippen MR) is 130 cm³/mol. The summed E-state index contributed by atoms with van der Waals surface area (Å²) in [5.41, 5.74) is 4.63. The minimum atomic E-state index is -3.48. The lowest BCUT2D eigenvalue weighted by Gasteiger charge is -2.31. The zero-order chi connectivity index (χ0) is 22.2. The van der Waals surface area contributed by atoms with Crippen LogP contribution < -0.4 is 9.64 Å². The third-order valence-corrected chi connectivity index (χ3v) is 9.63. The highest BCUT2D eigenvalue weighted by Gasteiger charge is 2.34. The van der Waals surface area contributed by atoms with Gasteiger partial charge in [0.2, 0.25) is 0 Å². The summed E-state index contributed by atoms with van der Waals surface area (Å²) in [6.45, 7) is 5.56. The second kappa shape index (κ2) is 8.92. The number of benzene rings is 2. The summed E-state index contributed by atoms with van der Waals surface area (Å²) in [4.78, 5) is 7.32. The van der Waals surface area contributed by atoms with Gasteiger partial charge in [0.25, 0.3) is 0 Å². The molecule has 1 aromatic heterocycles. The van der Waals surface area contributed by atoms with Crippen LogP contribution in [0.2, 0.25) is 0 Å². The highest BCUT2D eigenvalue weighted by Crippen LogP contribution is 2.36. The first kappa shape index (κ1) is 22.3. The molecule has 0 unspecified atom stereocenters. The van der Waals surface area contributed by atoms with E-state index in [0.717, 1.165) is 20.9 Å². The Morgan fingerprint density at radius 2 is 1.90 bits per heavy atom. The molecule has 164 valence electrons. The second-order valence-corrected chi connectivity index (χ2v) is 11.7. The van der Waals surface area contributed by atoms with Crippen LogP contribution in [0.5, 0.6) is 5.75 Å². The molecule has 1 aliphatic rings. The van der Waals surface area contributed by atoms with E-state index in [2.05, 4.69) is 58.3 Å². The van der Waals surface area contributed by atoms with Gasteiger partial charge in [-0.05, 0) is 56.0 Å². The molecule has 2 heterocycles. The van der Waals surface area contributed by atoms with Gasteiger partial charge in [0.05, 0.1) is 18.1 Å². The van der Waals surface area contributed by atoms with Gasteiger partial charge in [-0.1, -0.05) is 34.1 Å². The number of anilines is 1. The monoisotopic (exact) mass is 520 g/mol. The first-order chi connectivity index (χ1) is 14.8. The van der Waals surface area contributed by atoms with E-state index in [4.69, 9.17) is 9.72 Å². The van der Waals surface area contributed by atoms with Crippen molar-refractivity contribution >= 4 is 42.2 Å². The summed E-state index contributed by atoms with van der Waals surface area (Å²) in [7, 11) is -1.98. The number of aryl methyl sites for hydroxylation is 1. The summed E-state index contributed by atoms with van der Waals surface area (Å²) < 4.78 is 32.6. The fraction of sp³-hybridized carbons (Fsp3) is 0.348. The van der Waals surface area contributed by atoms with Gasteiger partial charge in [-0.3, -0.25) is 0 Å². The van der Waals surface area contributed by atoms with Crippen LogP contribution in [0.3, 0.4) is 0 Å². The van der Waals surface area contributed by atoms with Crippen molar-refractivity contribution in [3.8, 4) is 17.0 Å². The van der Waals surface area contributed by atoms with Gasteiger partial charge in [0.1, 0.15) is 10.6 Å². The number of rotatable bonds is 5. The van der Waals surface area contributed by atoms with Crippen molar-refractivity contribution in [3.05, 3.63) is 57.4 Å². The van der Waals surface area contributed by atoms with Crippen molar-refractivity contribution in [3.63, 3.8) is 0 Å². The number of aromatic nitrogens is 1. The summed E-state index contributed by atoms with van der Waals surface area (Å²) >= 11 is 5.00. The van der Waals surface area contributed by atoms with E-state index in [9.17, 15) is 8.42 Å². The first-order valence-electron chi connectivity index (χ1n) is 10.2. The van der Waals surface area contributed by atoms with Crippen molar-refractivity contribution in [2.75, 3.05) is 25.1 Å². The van der Waals surface area contributed by atoms with Crippen molar-refractivity contribution in [1.29, 1.82) is 0 Å². The van der Waals surface area contributed by atoms with Crippen molar-refractivity contribution < 1.29 is 13.2 Å². The molecule has 0 bridgehead atoms. The molecule has 5 nitrogen and oxygen atoms in total. The zero-order valence-electron chi connectivity index (χ0n) is 17.8. The second-order valence-electron chi connectivity index (χ2n) is 7.79. The lowest BCUT2D eigenvalue weighted by molar-refractivity contribution is 0.401. The molecule has 1 fully saturated rings. The van der Waals surface area contributed by atoms with Gasteiger partial charge in [-0.25, -0.2) is 13.4 Å². The third kappa shape index (κ3) is 4.38. The molecule has 8 heteroatoms. The van der Waals surface area contributed by atoms with Crippen molar-refractivity contribution in [2.24, 2.45) is 0 Å². The highest BCUT2D eigenvalue weighted by atomic mass is 79.9. The van der Waals surface area contributed by atoms with E-state index in [1.54, 1.807) is 29.5 Å². The smallest absolute Gasteiger partial charge is 0.185 e. The van der Waals surface area contributed by atoms with Crippen LogP contribution in [0.15, 0.2) is 51.1 Å². The van der Waals surface area contributed by atoms with Crippen LogP contribution >= 0.6 is 27.3 Å². The lowest BCUT2D eigenvalue weighted by atomic mass is 10.0. The Morgan fingerprint density at radius 1 is 1.16 bits per heavy atom. The minimum Gasteiger partial charge on any atom is -0.495 e. The SMILES string of the molecule is COc1ccc(Br)cc1S(=O)(=O)C1CCN(c2nc(-c3cccc(C)c3C)cs2)CC1. The molecule has 31 heavy (non-hydrogen) atoms. The van der Waals surface area contributed by atoms with E-state index in [1.165, 1.54) is 18.2 Å². The Hall–Kier alpha value is -1.90. The standard InChI is InChI=1S/C23H25BrN2O3S2/c1-15-5-4-6-19(16(15)2)20-14-30-23(25-20)26-11-9-18(10-12-26)31(27,28)22-13-17(24)7-8-21(22)29-3/h4-8,13-14,18H,9-12H2,1-3H3. The van der Waals surface area contributed by atoms with E-state index >= 15 is 0 Å². The maximum atomic E-state index is 13.3. The summed E-state index contributed by atoms with van der Waals surface area (Å²) in [5.74, 6) is 0.392. The van der Waals surface area contributed by atoms with Crippen LogP contribution in [-0.4, -0.2) is 38.9 Å². The largest absolute Gasteiger partial charge is 0.495 e. The van der Waals surface area contributed by atoms with Gasteiger partial charge in [-0.2, -0.15) is 0 Å². The van der Waals surface area contributed by atoms with Gasteiger partial charge in [-0.15, -0.1) is 11.3 Å². The van der Waals surface area contributed by atoms with Crippen LogP contribution in [0, 0.1) is 13.8 Å². The maximum Gasteiger partial charge on any atom is 0.185 e. The molecule has 0 saturated carbocycles. The number of methoxy groups -OCH3 is 1. The Morgan fingerprint density at radius 3 is 2.61 bits per heavy atom. The van der Waals surface area contributed by atoms with E-state index in [1.807, 2.05) is 0 Å². The molecule has 4 rings (SSSR count). The Labute approximate surface area is 196 Å². The first-order valence-corrected chi connectivity index (χ1v) is 13.4. The fourth-order valence-corrected chi connectivity index (χ4v) is 7.28. The van der Waals surface area contributed by atoms with Gasteiger partial charge in [0.15, 0.2) is 15.0 Å². The molecule has 2 aromatic carbocycles. The van der Waals surface area contributed by atoms with Crippen LogP contribution in [0.4, 0.5) is 5.13 Å². The Kier molecular flexibility index (Phi) is 6.42. The van der Waals surface area contributed by atoms with Gasteiger partial charge < -0.3 is 9.64 Å². The minimum absolute atomic E-state index is 0.259. The normalized spacial score (nSPS) is 15.3. The number of halogens is 1. The molecule has 3 aromatic rings. The number of ether oxygens (including phenoxy) is 1. The summed E-state index contributed by atoms with van der Waals surface area (Å²) in [6.07, 6.45) is 1.13. The van der Waals surface area contributed by atoms with E-state index in [-0.39, 0.29) is 4.90 Å². The molecule has 0 aliphatic carbocycles. The molecular formula is C23H25BrN2O3S2. The van der Waals surface area contributed by atoms with Gasteiger partial charge >= 0.3 is 0 Å². The number of piperidine rings is 1. The topological polar surface area (TPSA) is 59.5 Å². The summed E-state index contributed by atoms with van der Waals surface area (Å²) in [5, 5.41) is 2.61. The Bertz CT molecular complexity index is 1200. The predicted octanol–water partition coefficient (Wildman–Crippen LogP) is 5.64. The average molecular weight is 522 g/mol. The van der Waals surface area contributed by atoms with Crippen molar-refractivity contribution in [1.82, 2.24) is 4.98 Å². The van der Waals surface area contributed by atoms with Crippen LogP contribution in [0.25, 0.3) is 11.3 Å². The maximum absolute atomic E-state index is 13.3. The Balaban J connectivity index is 1.50. The number of hydrogen-bond donors (Lipinski definition) is 0. The third-order valence-electron chi connectivity index (χ3n) is 5.96. The van der Waals surface area contributed by atoms with E-state index < -0.39 is 15.1 Å². The van der Waals surface area contributed by atoms with Gasteiger partial charge in [0, 0.05) is 28.5 Å². The lowest BCUT2D eigenvalue weighted by Crippen LogP contribution is -2.39. The molecule has 0 radical (unpaired) electrons. The number of hydrogen-bond acceptors (Lipinski definition) is 6. The zero-order valence-corrected chi connectivity index (χ0v) is 21.0. The molecule has 0 atom stereocenters. The summed E-state index contributed by atoms with van der Waals surface area (Å²) in [6, 6.07) is 11.4. The molecule has 0 amide bonds. The number of thiazole rings is 1. The molecular weight excluding hydrogens is 496 g/mol. The fourth-order valence-electron chi connectivity index (χ4n) is 3.97. The average Bonchev–Trinajstić information content (AvgIpc) is 3.26. The number of nitrogens with zero attached hydrogens (tertiary/aromatic N) is 2. The molecule has 1 saturated heterocycles.